The molecule has 2 heterocycles. The Balaban J connectivity index is 1.55. The Morgan fingerprint density at radius 3 is 3.00 bits per heavy atom. The molecular formula is C16H18ClN3OS. The van der Waals surface area contributed by atoms with Crippen LogP contribution >= 0.6 is 23.1 Å². The van der Waals surface area contributed by atoms with E-state index in [0.717, 1.165) is 28.1 Å². The molecule has 0 radical (unpaired) electrons. The molecule has 0 amide bonds. The predicted octanol–water partition coefficient (Wildman–Crippen LogP) is 4.04. The van der Waals surface area contributed by atoms with Crippen molar-refractivity contribution in [1.82, 2.24) is 9.36 Å². The van der Waals surface area contributed by atoms with Crippen molar-refractivity contribution in [2.45, 2.75) is 37.8 Å². The molecule has 1 aliphatic heterocycles. The molecule has 116 valence electrons. The van der Waals surface area contributed by atoms with Gasteiger partial charge in [-0.15, -0.1) is 0 Å². The van der Waals surface area contributed by atoms with Crippen LogP contribution in [0.3, 0.4) is 0 Å². The van der Waals surface area contributed by atoms with Crippen molar-refractivity contribution in [1.29, 1.82) is 0 Å². The van der Waals surface area contributed by atoms with Gasteiger partial charge in [0.2, 0.25) is 5.13 Å². The van der Waals surface area contributed by atoms with E-state index in [4.69, 9.17) is 21.3 Å². The van der Waals surface area contributed by atoms with E-state index in [9.17, 15) is 0 Å². The van der Waals surface area contributed by atoms with Crippen LogP contribution in [0, 0.1) is 0 Å². The Bertz CT molecular complexity index is 673. The minimum atomic E-state index is 0.0307. The third-order valence-electron chi connectivity index (χ3n) is 4.27. The molecule has 4 rings (SSSR count). The molecule has 1 aromatic carbocycles. The monoisotopic (exact) mass is 335 g/mol. The summed E-state index contributed by atoms with van der Waals surface area (Å²) in [6, 6.07) is 8.23. The SMILES string of the molecule is CC1COC(c2cccc(Cl)c2)CN1c1nc(C2CC2)ns1. The van der Waals surface area contributed by atoms with E-state index >= 15 is 0 Å². The molecule has 1 aromatic heterocycles. The van der Waals surface area contributed by atoms with Gasteiger partial charge in [-0.3, -0.25) is 0 Å². The normalized spacial score (nSPS) is 25.5. The van der Waals surface area contributed by atoms with Gasteiger partial charge < -0.3 is 9.64 Å². The summed E-state index contributed by atoms with van der Waals surface area (Å²) < 4.78 is 10.5. The molecule has 2 fully saturated rings. The first-order valence-electron chi connectivity index (χ1n) is 7.68. The molecule has 4 nitrogen and oxygen atoms in total. The first-order valence-corrected chi connectivity index (χ1v) is 8.83. The zero-order valence-electron chi connectivity index (χ0n) is 12.4. The minimum absolute atomic E-state index is 0.0307. The number of rotatable bonds is 3. The van der Waals surface area contributed by atoms with Gasteiger partial charge in [0.1, 0.15) is 11.9 Å². The molecule has 6 heteroatoms. The summed E-state index contributed by atoms with van der Waals surface area (Å²) in [5.41, 5.74) is 1.12. The van der Waals surface area contributed by atoms with E-state index in [1.165, 1.54) is 24.4 Å². The summed E-state index contributed by atoms with van der Waals surface area (Å²) in [6.07, 6.45) is 2.50. The van der Waals surface area contributed by atoms with E-state index in [2.05, 4.69) is 22.3 Å². The smallest absolute Gasteiger partial charge is 0.205 e. The first kappa shape index (κ1) is 14.4. The third-order valence-corrected chi connectivity index (χ3v) is 5.28. The Labute approximate surface area is 139 Å². The molecule has 1 saturated carbocycles. The van der Waals surface area contributed by atoms with Crippen LogP contribution in [0.2, 0.25) is 5.02 Å². The van der Waals surface area contributed by atoms with Gasteiger partial charge in [-0.25, -0.2) is 4.98 Å². The molecule has 1 saturated heterocycles. The number of benzene rings is 1. The number of anilines is 1. The maximum absolute atomic E-state index is 6.10. The second-order valence-electron chi connectivity index (χ2n) is 6.09. The van der Waals surface area contributed by atoms with Crippen molar-refractivity contribution < 1.29 is 4.74 Å². The van der Waals surface area contributed by atoms with Crippen LogP contribution in [-0.2, 0) is 4.74 Å². The highest BCUT2D eigenvalue weighted by Gasteiger charge is 2.32. The van der Waals surface area contributed by atoms with Crippen molar-refractivity contribution in [3.05, 3.63) is 40.7 Å². The second-order valence-corrected chi connectivity index (χ2v) is 7.25. The first-order chi connectivity index (χ1) is 10.7. The lowest BCUT2D eigenvalue weighted by molar-refractivity contribution is 0.0215. The van der Waals surface area contributed by atoms with E-state index in [0.29, 0.717) is 18.6 Å². The Kier molecular flexibility index (Phi) is 3.80. The number of ether oxygens (including phenoxy) is 1. The lowest BCUT2D eigenvalue weighted by Gasteiger charge is -2.37. The van der Waals surface area contributed by atoms with Crippen molar-refractivity contribution in [3.8, 4) is 0 Å². The van der Waals surface area contributed by atoms with Crippen molar-refractivity contribution in [3.63, 3.8) is 0 Å². The lowest BCUT2D eigenvalue weighted by atomic mass is 10.1. The maximum Gasteiger partial charge on any atom is 0.205 e. The van der Waals surface area contributed by atoms with Crippen LogP contribution in [0.25, 0.3) is 0 Å². The maximum atomic E-state index is 6.10. The van der Waals surface area contributed by atoms with E-state index in [1.807, 2.05) is 18.2 Å². The molecule has 22 heavy (non-hydrogen) atoms. The van der Waals surface area contributed by atoms with Crippen LogP contribution < -0.4 is 4.90 Å². The summed E-state index contributed by atoms with van der Waals surface area (Å²) in [4.78, 5) is 7.06. The van der Waals surface area contributed by atoms with E-state index in [1.54, 1.807) is 0 Å². The highest BCUT2D eigenvalue weighted by atomic mass is 35.5. The van der Waals surface area contributed by atoms with Gasteiger partial charge in [-0.2, -0.15) is 4.37 Å². The fourth-order valence-electron chi connectivity index (χ4n) is 2.78. The van der Waals surface area contributed by atoms with Gasteiger partial charge in [-0.1, -0.05) is 23.7 Å². The zero-order valence-corrected chi connectivity index (χ0v) is 14.0. The molecule has 2 aliphatic rings. The van der Waals surface area contributed by atoms with Gasteiger partial charge in [0.25, 0.3) is 0 Å². The number of nitrogens with zero attached hydrogens (tertiary/aromatic N) is 3. The van der Waals surface area contributed by atoms with Crippen LogP contribution in [0.5, 0.6) is 0 Å². The molecule has 2 atom stereocenters. The quantitative estimate of drug-likeness (QED) is 0.848. The Morgan fingerprint density at radius 1 is 1.36 bits per heavy atom. The molecule has 0 bridgehead atoms. The number of hydrogen-bond acceptors (Lipinski definition) is 5. The molecule has 1 aliphatic carbocycles. The minimum Gasteiger partial charge on any atom is -0.370 e. The van der Waals surface area contributed by atoms with Crippen LogP contribution in [-0.4, -0.2) is 28.6 Å². The second kappa shape index (κ2) is 5.80. The van der Waals surface area contributed by atoms with E-state index < -0.39 is 0 Å². The fraction of sp³-hybridized carbons (Fsp3) is 0.500. The Morgan fingerprint density at radius 2 is 2.23 bits per heavy atom. The van der Waals surface area contributed by atoms with Crippen molar-refractivity contribution in [2.75, 3.05) is 18.1 Å². The predicted molar refractivity (Wildman–Crippen MR) is 88.8 cm³/mol. The van der Waals surface area contributed by atoms with Crippen molar-refractivity contribution in [2.24, 2.45) is 0 Å². The average molecular weight is 336 g/mol. The highest BCUT2D eigenvalue weighted by Crippen LogP contribution is 2.40. The van der Waals surface area contributed by atoms with E-state index in [-0.39, 0.29) is 6.10 Å². The average Bonchev–Trinajstić information content (AvgIpc) is 3.26. The van der Waals surface area contributed by atoms with Gasteiger partial charge >= 0.3 is 0 Å². The van der Waals surface area contributed by atoms with Crippen LogP contribution in [0.15, 0.2) is 24.3 Å². The molecule has 0 N–H and O–H groups in total. The van der Waals surface area contributed by atoms with Gasteiger partial charge in [0.15, 0.2) is 0 Å². The number of halogens is 1. The lowest BCUT2D eigenvalue weighted by Crippen LogP contribution is -2.45. The molecular weight excluding hydrogens is 318 g/mol. The van der Waals surface area contributed by atoms with Gasteiger partial charge in [-0.05, 0) is 37.5 Å². The fourth-order valence-corrected chi connectivity index (χ4v) is 3.84. The highest BCUT2D eigenvalue weighted by molar-refractivity contribution is 7.09. The summed E-state index contributed by atoms with van der Waals surface area (Å²) in [6.45, 7) is 3.66. The Hall–Kier alpha value is -1.17. The standard InChI is InChI=1S/C16H18ClN3OS/c1-10-9-21-14(12-3-2-4-13(17)7-12)8-20(10)16-18-15(19-22-16)11-5-6-11/h2-4,7,10-11,14H,5-6,8-9H2,1H3. The number of hydrogen-bond donors (Lipinski definition) is 0. The summed E-state index contributed by atoms with van der Waals surface area (Å²) in [5.74, 6) is 1.63. The zero-order chi connectivity index (χ0) is 15.1. The summed E-state index contributed by atoms with van der Waals surface area (Å²) in [5, 5.41) is 1.77. The largest absolute Gasteiger partial charge is 0.370 e. The van der Waals surface area contributed by atoms with Crippen LogP contribution in [0.4, 0.5) is 5.13 Å². The van der Waals surface area contributed by atoms with Crippen molar-refractivity contribution >= 4 is 28.3 Å². The summed E-state index contributed by atoms with van der Waals surface area (Å²) >= 11 is 7.61. The van der Waals surface area contributed by atoms with Gasteiger partial charge in [0, 0.05) is 22.5 Å². The van der Waals surface area contributed by atoms with Gasteiger partial charge in [0.05, 0.1) is 19.2 Å². The summed E-state index contributed by atoms with van der Waals surface area (Å²) in [7, 11) is 0. The number of morpholine rings is 1. The molecule has 0 spiro atoms. The number of aromatic nitrogens is 2. The molecule has 2 unspecified atom stereocenters. The van der Waals surface area contributed by atoms with Crippen LogP contribution in [0.1, 0.15) is 43.2 Å². The third kappa shape index (κ3) is 2.85. The topological polar surface area (TPSA) is 38.2 Å². The molecule has 2 aromatic rings.